The van der Waals surface area contributed by atoms with Crippen molar-refractivity contribution in [3.63, 3.8) is 0 Å². The summed E-state index contributed by atoms with van der Waals surface area (Å²) in [7, 11) is 0. The van der Waals surface area contributed by atoms with Gasteiger partial charge in [0.25, 0.3) is 0 Å². The highest BCUT2D eigenvalue weighted by molar-refractivity contribution is 14.0. The molecule has 2 aromatic rings. The maximum absolute atomic E-state index is 9.71. The number of hydrogen-bond donors (Lipinski definition) is 3. The van der Waals surface area contributed by atoms with Gasteiger partial charge in [-0.25, -0.2) is 0 Å². The van der Waals surface area contributed by atoms with Gasteiger partial charge in [-0.1, -0.05) is 12.1 Å². The number of aromatic amines is 1. The minimum absolute atomic E-state index is 0. The summed E-state index contributed by atoms with van der Waals surface area (Å²) in [5, 5.41) is 14.4. The molecule has 0 aliphatic carbocycles. The van der Waals surface area contributed by atoms with Crippen molar-refractivity contribution in [1.29, 1.82) is 0 Å². The van der Waals surface area contributed by atoms with Gasteiger partial charge >= 0.3 is 0 Å². The Labute approximate surface area is 160 Å². The number of halogens is 1. The van der Waals surface area contributed by atoms with Crippen molar-refractivity contribution in [2.24, 2.45) is 4.99 Å². The molecule has 6 heteroatoms. The molecule has 1 fully saturated rings. The van der Waals surface area contributed by atoms with Crippen molar-refractivity contribution in [2.45, 2.75) is 32.8 Å². The Balaban J connectivity index is 0.00000208. The number of β-amino-alcohol motifs (C(OH)–C–C–N with tert-alkyl or cyclic N) is 1. The van der Waals surface area contributed by atoms with Gasteiger partial charge in [-0.3, -0.25) is 4.99 Å². The smallest absolute Gasteiger partial charge is 0.194 e. The second-order valence-electron chi connectivity index (χ2n) is 6.19. The van der Waals surface area contributed by atoms with Crippen LogP contribution in [0.5, 0.6) is 0 Å². The molecule has 0 spiro atoms. The summed E-state index contributed by atoms with van der Waals surface area (Å²) in [5.74, 6) is 0.917. The lowest BCUT2D eigenvalue weighted by Crippen LogP contribution is -2.40. The van der Waals surface area contributed by atoms with Gasteiger partial charge in [-0.2, -0.15) is 0 Å². The van der Waals surface area contributed by atoms with E-state index in [-0.39, 0.29) is 30.1 Å². The number of aromatic nitrogens is 1. The highest BCUT2D eigenvalue weighted by Crippen LogP contribution is 2.22. The molecule has 1 saturated heterocycles. The first-order valence-electron chi connectivity index (χ1n) is 8.46. The van der Waals surface area contributed by atoms with Crippen LogP contribution in [-0.2, 0) is 6.42 Å². The fourth-order valence-electron chi connectivity index (χ4n) is 3.29. The SMILES string of the molecule is CCNC(=NCCc1c[nH]c2cccc(C)c12)N1CC[C@@H](O)C1.I. The number of guanidine groups is 1. The summed E-state index contributed by atoms with van der Waals surface area (Å²) in [6.07, 6.45) is 3.61. The molecule has 1 aliphatic rings. The molecule has 3 rings (SSSR count). The normalized spacial score (nSPS) is 18.0. The standard InChI is InChI=1S/C18H26N4O.HI/c1-3-19-18(22-10-8-15(23)12-22)20-9-7-14-11-21-16-6-4-5-13(2)17(14)16;/h4-6,11,15,21,23H,3,7-10,12H2,1-2H3,(H,19,20);1H/t15-;/m1./s1. The molecule has 0 radical (unpaired) electrons. The number of nitrogens with zero attached hydrogens (tertiary/aromatic N) is 2. The average molecular weight is 442 g/mol. The number of likely N-dealkylation sites (tertiary alicyclic amines) is 1. The zero-order valence-corrected chi connectivity index (χ0v) is 16.7. The maximum Gasteiger partial charge on any atom is 0.194 e. The summed E-state index contributed by atoms with van der Waals surface area (Å²) in [4.78, 5) is 10.2. The molecule has 0 bridgehead atoms. The van der Waals surface area contributed by atoms with E-state index in [2.05, 4.69) is 53.4 Å². The molecule has 1 aliphatic heterocycles. The molecule has 0 unspecified atom stereocenters. The van der Waals surface area contributed by atoms with E-state index in [0.717, 1.165) is 38.4 Å². The van der Waals surface area contributed by atoms with E-state index >= 15 is 0 Å². The highest BCUT2D eigenvalue weighted by Gasteiger charge is 2.22. The van der Waals surface area contributed by atoms with E-state index in [0.29, 0.717) is 6.54 Å². The van der Waals surface area contributed by atoms with Crippen LogP contribution in [0.3, 0.4) is 0 Å². The summed E-state index contributed by atoms with van der Waals surface area (Å²) in [6.45, 7) is 7.37. The Hall–Kier alpha value is -1.28. The van der Waals surface area contributed by atoms with Crippen molar-refractivity contribution in [3.8, 4) is 0 Å². The van der Waals surface area contributed by atoms with Crippen LogP contribution in [0.2, 0.25) is 0 Å². The molecule has 1 aromatic carbocycles. The van der Waals surface area contributed by atoms with E-state index in [9.17, 15) is 5.11 Å². The van der Waals surface area contributed by atoms with E-state index in [1.54, 1.807) is 0 Å². The lowest BCUT2D eigenvalue weighted by atomic mass is 10.1. The van der Waals surface area contributed by atoms with Gasteiger partial charge in [0.15, 0.2) is 5.96 Å². The fourth-order valence-corrected chi connectivity index (χ4v) is 3.29. The number of aliphatic hydroxyl groups is 1. The number of aryl methyl sites for hydroxylation is 1. The first kappa shape index (κ1) is 19.1. The zero-order valence-electron chi connectivity index (χ0n) is 14.4. The quantitative estimate of drug-likeness (QED) is 0.388. The predicted molar refractivity (Wildman–Crippen MR) is 110 cm³/mol. The van der Waals surface area contributed by atoms with Crippen LogP contribution in [0.1, 0.15) is 24.5 Å². The van der Waals surface area contributed by atoms with Crippen LogP contribution in [0.25, 0.3) is 10.9 Å². The Kier molecular flexibility index (Phi) is 6.91. The second-order valence-corrected chi connectivity index (χ2v) is 6.19. The van der Waals surface area contributed by atoms with Gasteiger partial charge < -0.3 is 20.3 Å². The molecule has 5 nitrogen and oxygen atoms in total. The summed E-state index contributed by atoms with van der Waals surface area (Å²) >= 11 is 0. The van der Waals surface area contributed by atoms with Crippen LogP contribution < -0.4 is 5.32 Å². The Morgan fingerprint density at radius 1 is 1.46 bits per heavy atom. The summed E-state index contributed by atoms with van der Waals surface area (Å²) in [5.41, 5.74) is 3.81. The first-order valence-corrected chi connectivity index (χ1v) is 8.46. The monoisotopic (exact) mass is 442 g/mol. The second kappa shape index (κ2) is 8.71. The Morgan fingerprint density at radius 3 is 3.00 bits per heavy atom. The third kappa shape index (κ3) is 4.22. The van der Waals surface area contributed by atoms with Gasteiger partial charge in [0.1, 0.15) is 0 Å². The molecule has 0 saturated carbocycles. The molecular weight excluding hydrogens is 415 g/mol. The first-order chi connectivity index (χ1) is 11.2. The fraction of sp³-hybridized carbons (Fsp3) is 0.500. The van der Waals surface area contributed by atoms with E-state index in [1.165, 1.54) is 22.0 Å². The number of benzene rings is 1. The topological polar surface area (TPSA) is 63.7 Å². The molecule has 0 amide bonds. The van der Waals surface area contributed by atoms with E-state index < -0.39 is 0 Å². The van der Waals surface area contributed by atoms with Crippen LogP contribution in [0.4, 0.5) is 0 Å². The molecule has 1 atom stereocenters. The molecule has 2 heterocycles. The van der Waals surface area contributed by atoms with Gasteiger partial charge in [0, 0.05) is 43.3 Å². The minimum atomic E-state index is -0.227. The Morgan fingerprint density at radius 2 is 2.29 bits per heavy atom. The number of fused-ring (bicyclic) bond motifs is 1. The lowest BCUT2D eigenvalue weighted by molar-refractivity contribution is 0.188. The Bertz CT molecular complexity index is 697. The van der Waals surface area contributed by atoms with Crippen molar-refractivity contribution in [3.05, 3.63) is 35.5 Å². The average Bonchev–Trinajstić information content (AvgIpc) is 3.14. The van der Waals surface area contributed by atoms with Crippen molar-refractivity contribution in [2.75, 3.05) is 26.2 Å². The van der Waals surface area contributed by atoms with Gasteiger partial charge in [0.2, 0.25) is 0 Å². The van der Waals surface area contributed by atoms with Crippen LogP contribution in [0, 0.1) is 6.92 Å². The number of aliphatic imine (C=N–C) groups is 1. The molecule has 132 valence electrons. The lowest BCUT2D eigenvalue weighted by Gasteiger charge is -2.20. The van der Waals surface area contributed by atoms with Gasteiger partial charge in [0.05, 0.1) is 6.10 Å². The zero-order chi connectivity index (χ0) is 16.2. The van der Waals surface area contributed by atoms with Gasteiger partial charge in [-0.15, -0.1) is 24.0 Å². The number of aliphatic hydroxyl groups excluding tert-OH is 1. The molecular formula is C18H27IN4O. The van der Waals surface area contributed by atoms with Gasteiger partial charge in [-0.05, 0) is 43.9 Å². The van der Waals surface area contributed by atoms with E-state index in [4.69, 9.17) is 4.99 Å². The number of hydrogen-bond acceptors (Lipinski definition) is 2. The predicted octanol–water partition coefficient (Wildman–Crippen LogP) is 2.67. The van der Waals surface area contributed by atoms with Crippen LogP contribution in [0.15, 0.2) is 29.4 Å². The van der Waals surface area contributed by atoms with Crippen LogP contribution in [-0.4, -0.2) is 53.2 Å². The van der Waals surface area contributed by atoms with Crippen molar-refractivity contribution in [1.82, 2.24) is 15.2 Å². The summed E-state index contributed by atoms with van der Waals surface area (Å²) < 4.78 is 0. The minimum Gasteiger partial charge on any atom is -0.391 e. The highest BCUT2D eigenvalue weighted by atomic mass is 127. The number of nitrogens with one attached hydrogen (secondary N) is 2. The van der Waals surface area contributed by atoms with Crippen molar-refractivity contribution >= 4 is 40.8 Å². The van der Waals surface area contributed by atoms with E-state index in [1.807, 2.05) is 0 Å². The number of H-pyrrole nitrogens is 1. The third-order valence-corrected chi connectivity index (χ3v) is 4.44. The largest absolute Gasteiger partial charge is 0.391 e. The molecule has 1 aromatic heterocycles. The molecule has 24 heavy (non-hydrogen) atoms. The third-order valence-electron chi connectivity index (χ3n) is 4.44. The van der Waals surface area contributed by atoms with Crippen molar-refractivity contribution < 1.29 is 5.11 Å². The summed E-state index contributed by atoms with van der Waals surface area (Å²) in [6, 6.07) is 6.35. The molecule has 3 N–H and O–H groups in total. The number of rotatable bonds is 4. The maximum atomic E-state index is 9.71. The van der Waals surface area contributed by atoms with Crippen LogP contribution >= 0.6 is 24.0 Å².